The smallest absolute Gasteiger partial charge is 0.103 e. The number of rotatable bonds is 5. The van der Waals surface area contributed by atoms with Crippen LogP contribution >= 0.6 is 0 Å². The number of nitrogens with one attached hydrogen (secondary N) is 1. The second-order valence-electron chi connectivity index (χ2n) is 3.66. The summed E-state index contributed by atoms with van der Waals surface area (Å²) in [4.78, 5) is 4.26. The minimum Gasteiger partial charge on any atom is -0.385 e. The molecule has 86 valence electrons. The second-order valence-corrected chi connectivity index (χ2v) is 3.66. The lowest BCUT2D eigenvalue weighted by Crippen LogP contribution is -2.07. The lowest BCUT2D eigenvalue weighted by molar-refractivity contribution is 0.198. The zero-order chi connectivity index (χ0) is 12.0. The Kier molecular flexibility index (Phi) is 4.74. The van der Waals surface area contributed by atoms with Gasteiger partial charge in [-0.15, -0.1) is 0 Å². The SMILES string of the molecule is COCCCNc1cc(C)nc(C)c1C#N. The van der Waals surface area contributed by atoms with Gasteiger partial charge >= 0.3 is 0 Å². The van der Waals surface area contributed by atoms with Gasteiger partial charge in [0.05, 0.1) is 16.9 Å². The lowest BCUT2D eigenvalue weighted by atomic mass is 10.1. The number of nitriles is 1. The summed E-state index contributed by atoms with van der Waals surface area (Å²) in [6.45, 7) is 5.30. The molecule has 0 unspecified atom stereocenters. The number of hydrogen-bond donors (Lipinski definition) is 1. The highest BCUT2D eigenvalue weighted by Crippen LogP contribution is 2.18. The van der Waals surface area contributed by atoms with E-state index in [0.717, 1.165) is 36.6 Å². The van der Waals surface area contributed by atoms with Gasteiger partial charge in [0.25, 0.3) is 0 Å². The molecule has 4 heteroatoms. The summed E-state index contributed by atoms with van der Waals surface area (Å²) in [6.07, 6.45) is 0.918. The monoisotopic (exact) mass is 219 g/mol. The molecule has 0 amide bonds. The molecule has 0 saturated heterocycles. The van der Waals surface area contributed by atoms with Crippen LogP contribution in [-0.2, 0) is 4.74 Å². The zero-order valence-electron chi connectivity index (χ0n) is 10.0. The van der Waals surface area contributed by atoms with Crippen LogP contribution in [0, 0.1) is 25.2 Å². The van der Waals surface area contributed by atoms with Crippen LogP contribution in [0.4, 0.5) is 5.69 Å². The van der Waals surface area contributed by atoms with Crippen molar-refractivity contribution >= 4 is 5.69 Å². The molecule has 0 bridgehead atoms. The van der Waals surface area contributed by atoms with Gasteiger partial charge in [-0.3, -0.25) is 4.98 Å². The van der Waals surface area contributed by atoms with Gasteiger partial charge in [-0.25, -0.2) is 0 Å². The molecule has 0 spiro atoms. The summed E-state index contributed by atoms with van der Waals surface area (Å²) in [5, 5.41) is 12.3. The summed E-state index contributed by atoms with van der Waals surface area (Å²) in [6, 6.07) is 4.08. The maximum absolute atomic E-state index is 9.04. The number of hydrogen-bond acceptors (Lipinski definition) is 4. The predicted molar refractivity (Wildman–Crippen MR) is 63.4 cm³/mol. The van der Waals surface area contributed by atoms with Crippen LogP contribution in [0.5, 0.6) is 0 Å². The van der Waals surface area contributed by atoms with Gasteiger partial charge in [-0.2, -0.15) is 5.26 Å². The third-order valence-electron chi connectivity index (χ3n) is 2.28. The topological polar surface area (TPSA) is 57.9 Å². The Morgan fingerprint density at radius 3 is 2.88 bits per heavy atom. The van der Waals surface area contributed by atoms with Crippen LogP contribution in [-0.4, -0.2) is 25.2 Å². The molecule has 1 N–H and O–H groups in total. The molecule has 0 aliphatic heterocycles. The Hall–Kier alpha value is -1.60. The molecule has 0 fully saturated rings. The summed E-state index contributed by atoms with van der Waals surface area (Å²) < 4.78 is 4.97. The maximum Gasteiger partial charge on any atom is 0.103 e. The molecular formula is C12H17N3O. The first-order chi connectivity index (χ1) is 7.69. The van der Waals surface area contributed by atoms with Crippen LogP contribution in [0.2, 0.25) is 0 Å². The van der Waals surface area contributed by atoms with Gasteiger partial charge in [0.2, 0.25) is 0 Å². The molecule has 16 heavy (non-hydrogen) atoms. The Labute approximate surface area is 96.3 Å². The van der Waals surface area contributed by atoms with Crippen LogP contribution in [0.25, 0.3) is 0 Å². The Morgan fingerprint density at radius 1 is 1.50 bits per heavy atom. The minimum atomic E-state index is 0.628. The Bertz CT molecular complexity index is 396. The van der Waals surface area contributed by atoms with Crippen LogP contribution in [0.15, 0.2) is 6.07 Å². The van der Waals surface area contributed by atoms with E-state index < -0.39 is 0 Å². The quantitative estimate of drug-likeness (QED) is 0.770. The number of aromatic nitrogens is 1. The zero-order valence-corrected chi connectivity index (χ0v) is 10.0. The fourth-order valence-electron chi connectivity index (χ4n) is 1.55. The molecule has 4 nitrogen and oxygen atoms in total. The van der Waals surface area contributed by atoms with E-state index in [1.807, 2.05) is 19.9 Å². The van der Waals surface area contributed by atoms with E-state index in [-0.39, 0.29) is 0 Å². The van der Waals surface area contributed by atoms with E-state index in [0.29, 0.717) is 5.56 Å². The molecule has 1 aromatic heterocycles. The van der Waals surface area contributed by atoms with Crippen molar-refractivity contribution in [1.29, 1.82) is 5.26 Å². The van der Waals surface area contributed by atoms with Crippen LogP contribution in [0.1, 0.15) is 23.4 Å². The average molecular weight is 219 g/mol. The molecule has 0 aliphatic carbocycles. The predicted octanol–water partition coefficient (Wildman–Crippen LogP) is 2.02. The Balaban J connectivity index is 2.75. The highest BCUT2D eigenvalue weighted by Gasteiger charge is 2.06. The maximum atomic E-state index is 9.04. The fraction of sp³-hybridized carbons (Fsp3) is 0.500. The lowest BCUT2D eigenvalue weighted by Gasteiger charge is -2.10. The van der Waals surface area contributed by atoms with Gasteiger partial charge in [0.1, 0.15) is 6.07 Å². The number of pyridine rings is 1. The highest BCUT2D eigenvalue weighted by atomic mass is 16.5. The van der Waals surface area contributed by atoms with Crippen molar-refractivity contribution in [3.63, 3.8) is 0 Å². The van der Waals surface area contributed by atoms with Crippen molar-refractivity contribution in [2.75, 3.05) is 25.6 Å². The Morgan fingerprint density at radius 2 is 2.25 bits per heavy atom. The normalized spacial score (nSPS) is 9.88. The van der Waals surface area contributed by atoms with E-state index in [1.54, 1.807) is 7.11 Å². The van der Waals surface area contributed by atoms with E-state index in [1.165, 1.54) is 0 Å². The van der Waals surface area contributed by atoms with E-state index in [9.17, 15) is 0 Å². The first-order valence-electron chi connectivity index (χ1n) is 5.30. The molecule has 0 saturated carbocycles. The number of ether oxygens (including phenoxy) is 1. The standard InChI is InChI=1S/C12H17N3O/c1-9-7-12(14-5-4-6-16-3)11(8-13)10(2)15-9/h7H,4-6H2,1-3H3,(H,14,15). The van der Waals surface area contributed by atoms with Crippen molar-refractivity contribution in [2.45, 2.75) is 20.3 Å². The molecule has 1 rings (SSSR count). The average Bonchev–Trinajstić information content (AvgIpc) is 2.24. The molecule has 0 aromatic carbocycles. The number of aryl methyl sites for hydroxylation is 2. The van der Waals surface area contributed by atoms with Gasteiger partial charge < -0.3 is 10.1 Å². The van der Waals surface area contributed by atoms with Gasteiger partial charge in [0, 0.05) is 26.0 Å². The number of anilines is 1. The minimum absolute atomic E-state index is 0.628. The van der Waals surface area contributed by atoms with Crippen molar-refractivity contribution in [3.05, 3.63) is 23.0 Å². The molecule has 0 atom stereocenters. The van der Waals surface area contributed by atoms with Crippen LogP contribution < -0.4 is 5.32 Å². The summed E-state index contributed by atoms with van der Waals surface area (Å²) in [5.41, 5.74) is 3.19. The third-order valence-corrected chi connectivity index (χ3v) is 2.28. The largest absolute Gasteiger partial charge is 0.385 e. The van der Waals surface area contributed by atoms with E-state index in [2.05, 4.69) is 16.4 Å². The van der Waals surface area contributed by atoms with Gasteiger partial charge in [0.15, 0.2) is 0 Å². The first kappa shape index (κ1) is 12.5. The van der Waals surface area contributed by atoms with Crippen molar-refractivity contribution < 1.29 is 4.74 Å². The van der Waals surface area contributed by atoms with E-state index in [4.69, 9.17) is 10.00 Å². The van der Waals surface area contributed by atoms with Crippen molar-refractivity contribution in [1.82, 2.24) is 4.98 Å². The molecule has 1 aromatic rings. The molecule has 1 heterocycles. The summed E-state index contributed by atoms with van der Waals surface area (Å²) in [5.74, 6) is 0. The molecular weight excluding hydrogens is 202 g/mol. The van der Waals surface area contributed by atoms with Crippen molar-refractivity contribution in [3.8, 4) is 6.07 Å². The number of methoxy groups -OCH3 is 1. The first-order valence-corrected chi connectivity index (χ1v) is 5.30. The van der Waals surface area contributed by atoms with Crippen molar-refractivity contribution in [2.24, 2.45) is 0 Å². The van der Waals surface area contributed by atoms with Crippen LogP contribution in [0.3, 0.4) is 0 Å². The second kappa shape index (κ2) is 6.09. The highest BCUT2D eigenvalue weighted by molar-refractivity contribution is 5.59. The molecule has 0 aliphatic rings. The fourth-order valence-corrected chi connectivity index (χ4v) is 1.55. The van der Waals surface area contributed by atoms with Gasteiger partial charge in [-0.1, -0.05) is 0 Å². The van der Waals surface area contributed by atoms with E-state index >= 15 is 0 Å². The summed E-state index contributed by atoms with van der Waals surface area (Å²) >= 11 is 0. The van der Waals surface area contributed by atoms with Gasteiger partial charge in [-0.05, 0) is 26.3 Å². The summed E-state index contributed by atoms with van der Waals surface area (Å²) in [7, 11) is 1.68. The number of nitrogens with zero attached hydrogens (tertiary/aromatic N) is 2. The molecule has 0 radical (unpaired) electrons. The third kappa shape index (κ3) is 3.21.